The summed E-state index contributed by atoms with van der Waals surface area (Å²) in [5.74, 6) is 3.21. The fourth-order valence-corrected chi connectivity index (χ4v) is 3.51. The molecule has 0 unspecified atom stereocenters. The molecule has 0 atom stereocenters. The highest BCUT2D eigenvalue weighted by Gasteiger charge is 2.20. The van der Waals surface area contributed by atoms with E-state index in [1.54, 1.807) is 11.3 Å². The summed E-state index contributed by atoms with van der Waals surface area (Å²) in [5.41, 5.74) is 0.965. The Morgan fingerprint density at radius 2 is 2.00 bits per heavy atom. The van der Waals surface area contributed by atoms with Crippen molar-refractivity contribution >= 4 is 47.0 Å². The number of anilines is 1. The first-order valence-corrected chi connectivity index (χ1v) is 10.2. The third kappa shape index (κ3) is 6.27. The van der Waals surface area contributed by atoms with Crippen LogP contribution in [0.5, 0.6) is 11.5 Å². The van der Waals surface area contributed by atoms with Gasteiger partial charge < -0.3 is 20.1 Å². The van der Waals surface area contributed by atoms with Gasteiger partial charge in [-0.2, -0.15) is 0 Å². The van der Waals surface area contributed by atoms with Crippen LogP contribution in [0.4, 0.5) is 5.69 Å². The number of halogens is 1. The molecule has 1 aromatic heterocycles. The molecule has 146 valence electrons. The van der Waals surface area contributed by atoms with Crippen molar-refractivity contribution in [3.05, 3.63) is 40.6 Å². The van der Waals surface area contributed by atoms with Gasteiger partial charge in [-0.15, -0.1) is 35.3 Å². The largest absolute Gasteiger partial charge is 0.490 e. The number of ether oxygens (including phenoxy) is 2. The molecule has 0 amide bonds. The second kappa shape index (κ2) is 10.2. The Kier molecular flexibility index (Phi) is 7.63. The summed E-state index contributed by atoms with van der Waals surface area (Å²) in [6, 6.07) is 10.2. The second-order valence-corrected chi connectivity index (χ2v) is 7.76. The van der Waals surface area contributed by atoms with Crippen molar-refractivity contribution in [3.8, 4) is 11.5 Å². The normalized spacial score (nSPS) is 16.2. The van der Waals surface area contributed by atoms with Crippen molar-refractivity contribution in [3.63, 3.8) is 0 Å². The molecule has 1 fully saturated rings. The molecule has 0 radical (unpaired) electrons. The lowest BCUT2D eigenvalue weighted by Crippen LogP contribution is -2.32. The molecule has 0 spiro atoms. The molecule has 27 heavy (non-hydrogen) atoms. The van der Waals surface area contributed by atoms with Gasteiger partial charge in [0.15, 0.2) is 17.5 Å². The van der Waals surface area contributed by atoms with E-state index in [2.05, 4.69) is 28.1 Å². The van der Waals surface area contributed by atoms with Gasteiger partial charge in [-0.25, -0.2) is 0 Å². The lowest BCUT2D eigenvalue weighted by Gasteiger charge is -2.14. The standard InChI is InChI=1S/C20H25N3O2S.HI/c1-3-17(26-12-1)8-9-21-20(22-14-15-4-5-15)23-16-6-7-18-19(13-16)25-11-2-10-24-18;/h1,3,6-7,12-13,15H,2,4-5,8-11,14H2,(H2,21,22,23);1H. The molecule has 2 aromatic rings. The lowest BCUT2D eigenvalue weighted by atomic mass is 10.2. The minimum Gasteiger partial charge on any atom is -0.490 e. The molecule has 0 bridgehead atoms. The molecular formula is C20H26IN3O2S. The monoisotopic (exact) mass is 499 g/mol. The van der Waals surface area contributed by atoms with Gasteiger partial charge in [-0.3, -0.25) is 4.99 Å². The number of fused-ring (bicyclic) bond motifs is 1. The Balaban J connectivity index is 0.00000210. The first-order valence-electron chi connectivity index (χ1n) is 9.34. The average molecular weight is 499 g/mol. The summed E-state index contributed by atoms with van der Waals surface area (Å²) in [7, 11) is 0. The van der Waals surface area contributed by atoms with Gasteiger partial charge in [0.25, 0.3) is 0 Å². The number of thiophene rings is 1. The number of hydrogen-bond acceptors (Lipinski definition) is 4. The van der Waals surface area contributed by atoms with Gasteiger partial charge >= 0.3 is 0 Å². The maximum Gasteiger partial charge on any atom is 0.195 e. The Bertz CT molecular complexity index is 748. The number of rotatable bonds is 6. The molecule has 1 aliphatic carbocycles. The number of aliphatic imine (C=N–C) groups is 1. The number of hydrogen-bond donors (Lipinski definition) is 2. The van der Waals surface area contributed by atoms with Crippen LogP contribution in [0.2, 0.25) is 0 Å². The Morgan fingerprint density at radius 1 is 1.15 bits per heavy atom. The molecule has 7 heteroatoms. The number of guanidine groups is 1. The predicted molar refractivity (Wildman–Crippen MR) is 122 cm³/mol. The topological polar surface area (TPSA) is 54.9 Å². The summed E-state index contributed by atoms with van der Waals surface area (Å²) in [5, 5.41) is 8.99. The maximum absolute atomic E-state index is 5.79. The van der Waals surface area contributed by atoms with Gasteiger partial charge in [0.1, 0.15) is 0 Å². The zero-order chi connectivity index (χ0) is 17.6. The van der Waals surface area contributed by atoms with Crippen LogP contribution in [0, 0.1) is 5.92 Å². The van der Waals surface area contributed by atoms with Crippen LogP contribution in [-0.2, 0) is 6.42 Å². The molecule has 1 aromatic carbocycles. The Labute approximate surface area is 181 Å². The van der Waals surface area contributed by atoms with E-state index in [1.807, 2.05) is 18.2 Å². The molecule has 2 N–H and O–H groups in total. The van der Waals surface area contributed by atoms with Crippen molar-refractivity contribution in [2.75, 3.05) is 31.6 Å². The summed E-state index contributed by atoms with van der Waals surface area (Å²) in [4.78, 5) is 6.14. The molecule has 1 aliphatic heterocycles. The fraction of sp³-hybridized carbons (Fsp3) is 0.450. The van der Waals surface area contributed by atoms with Gasteiger partial charge in [0.2, 0.25) is 0 Å². The van der Waals surface area contributed by atoms with Crippen LogP contribution in [0.15, 0.2) is 40.7 Å². The molecule has 2 heterocycles. The minimum absolute atomic E-state index is 0. The predicted octanol–water partition coefficient (Wildman–Crippen LogP) is 4.54. The first kappa shape index (κ1) is 20.3. The van der Waals surface area contributed by atoms with E-state index >= 15 is 0 Å². The summed E-state index contributed by atoms with van der Waals surface area (Å²) in [6.07, 6.45) is 4.52. The highest BCUT2D eigenvalue weighted by atomic mass is 127. The average Bonchev–Trinajstić information content (AvgIpc) is 3.39. The smallest absolute Gasteiger partial charge is 0.195 e. The highest BCUT2D eigenvalue weighted by Crippen LogP contribution is 2.32. The molecule has 5 nitrogen and oxygen atoms in total. The van der Waals surface area contributed by atoms with E-state index in [9.17, 15) is 0 Å². The fourth-order valence-electron chi connectivity index (χ4n) is 2.80. The Hall–Kier alpha value is -1.48. The van der Waals surface area contributed by atoms with Gasteiger partial charge in [0.05, 0.1) is 13.2 Å². The zero-order valence-electron chi connectivity index (χ0n) is 15.3. The van der Waals surface area contributed by atoms with Crippen LogP contribution < -0.4 is 20.1 Å². The van der Waals surface area contributed by atoms with E-state index in [0.717, 1.165) is 55.0 Å². The van der Waals surface area contributed by atoms with Crippen LogP contribution in [0.25, 0.3) is 0 Å². The highest BCUT2D eigenvalue weighted by molar-refractivity contribution is 14.0. The van der Waals surface area contributed by atoms with Crippen molar-refractivity contribution < 1.29 is 9.47 Å². The van der Waals surface area contributed by atoms with E-state index in [-0.39, 0.29) is 24.0 Å². The zero-order valence-corrected chi connectivity index (χ0v) is 18.4. The third-order valence-corrected chi connectivity index (χ3v) is 5.39. The molecule has 4 rings (SSSR count). The molecule has 2 aliphatic rings. The quantitative estimate of drug-likeness (QED) is 0.348. The molecule has 1 saturated carbocycles. The summed E-state index contributed by atoms with van der Waals surface area (Å²) < 4.78 is 11.5. The van der Waals surface area contributed by atoms with Crippen molar-refractivity contribution in [2.45, 2.75) is 25.7 Å². The number of nitrogens with zero attached hydrogens (tertiary/aromatic N) is 1. The van der Waals surface area contributed by atoms with E-state index in [4.69, 9.17) is 14.5 Å². The van der Waals surface area contributed by atoms with Crippen LogP contribution in [0.3, 0.4) is 0 Å². The van der Waals surface area contributed by atoms with E-state index < -0.39 is 0 Å². The van der Waals surface area contributed by atoms with Crippen LogP contribution in [-0.4, -0.2) is 32.3 Å². The van der Waals surface area contributed by atoms with E-state index in [0.29, 0.717) is 13.2 Å². The van der Waals surface area contributed by atoms with Crippen LogP contribution in [0.1, 0.15) is 24.1 Å². The minimum atomic E-state index is 0. The second-order valence-electron chi connectivity index (χ2n) is 6.73. The van der Waals surface area contributed by atoms with Crippen molar-refractivity contribution in [1.82, 2.24) is 5.32 Å². The van der Waals surface area contributed by atoms with Crippen molar-refractivity contribution in [2.24, 2.45) is 10.9 Å². The van der Waals surface area contributed by atoms with Gasteiger partial charge in [-0.05, 0) is 48.8 Å². The van der Waals surface area contributed by atoms with E-state index in [1.165, 1.54) is 17.7 Å². The third-order valence-electron chi connectivity index (χ3n) is 4.46. The van der Waals surface area contributed by atoms with Crippen LogP contribution >= 0.6 is 35.3 Å². The first-order chi connectivity index (χ1) is 12.9. The van der Waals surface area contributed by atoms with Gasteiger partial charge in [-0.1, -0.05) is 6.07 Å². The molecular weight excluding hydrogens is 473 g/mol. The van der Waals surface area contributed by atoms with Crippen molar-refractivity contribution in [1.29, 1.82) is 0 Å². The number of benzene rings is 1. The SMILES string of the molecule is I.c1csc(CCNC(=NCC2CC2)Nc2ccc3c(c2)OCCCO3)c1. The lowest BCUT2D eigenvalue weighted by molar-refractivity contribution is 0.297. The number of nitrogens with one attached hydrogen (secondary N) is 2. The maximum atomic E-state index is 5.79. The Morgan fingerprint density at radius 3 is 2.78 bits per heavy atom. The molecule has 0 saturated heterocycles. The van der Waals surface area contributed by atoms with Gasteiger partial charge in [0, 0.05) is 36.1 Å². The summed E-state index contributed by atoms with van der Waals surface area (Å²) in [6.45, 7) is 3.15. The summed E-state index contributed by atoms with van der Waals surface area (Å²) >= 11 is 1.79.